The van der Waals surface area contributed by atoms with Crippen LogP contribution in [0, 0.1) is 11.6 Å². The van der Waals surface area contributed by atoms with Gasteiger partial charge < -0.3 is 0 Å². The highest BCUT2D eigenvalue weighted by atomic mass is 79.9. The van der Waals surface area contributed by atoms with Gasteiger partial charge in [0.1, 0.15) is 11.6 Å². The highest BCUT2D eigenvalue weighted by Gasteiger charge is 2.12. The molecule has 5 heteroatoms. The van der Waals surface area contributed by atoms with E-state index in [1.165, 1.54) is 23.9 Å². The van der Waals surface area contributed by atoms with E-state index in [4.69, 9.17) is 0 Å². The molecule has 0 N–H and O–H groups in total. The van der Waals surface area contributed by atoms with E-state index < -0.39 is 11.6 Å². The lowest BCUT2D eigenvalue weighted by molar-refractivity contribution is 0.562. The summed E-state index contributed by atoms with van der Waals surface area (Å²) in [7, 11) is 0. The van der Waals surface area contributed by atoms with Crippen LogP contribution in [-0.4, -0.2) is 0 Å². The maximum Gasteiger partial charge on any atom is 0.144 e. The summed E-state index contributed by atoms with van der Waals surface area (Å²) in [5, 5.41) is 0. The molecule has 0 saturated heterocycles. The van der Waals surface area contributed by atoms with Gasteiger partial charge in [0, 0.05) is 20.7 Å². The van der Waals surface area contributed by atoms with Crippen LogP contribution in [0.1, 0.15) is 5.56 Å². The molecule has 2 aromatic carbocycles. The number of thioether (sulfide) groups is 1. The molecule has 0 aliphatic heterocycles. The van der Waals surface area contributed by atoms with Crippen LogP contribution in [0.15, 0.2) is 50.2 Å². The monoisotopic (exact) mass is 392 g/mol. The summed E-state index contributed by atoms with van der Waals surface area (Å²) in [4.78, 5) is 0.961. The molecule has 2 rings (SSSR count). The predicted octanol–water partition coefficient (Wildman–Crippen LogP) is 5.78. The molecule has 0 radical (unpaired) electrons. The second kappa shape index (κ2) is 6.17. The molecule has 18 heavy (non-hydrogen) atoms. The van der Waals surface area contributed by atoms with Crippen molar-refractivity contribution < 1.29 is 8.78 Å². The Hall–Kier alpha value is -0.390. The second-order valence-electron chi connectivity index (χ2n) is 3.57. The lowest BCUT2D eigenvalue weighted by Gasteiger charge is -2.06. The van der Waals surface area contributed by atoms with Crippen LogP contribution in [0.2, 0.25) is 0 Å². The summed E-state index contributed by atoms with van der Waals surface area (Å²) in [6.45, 7) is 0. The van der Waals surface area contributed by atoms with E-state index in [-0.39, 0.29) is 15.8 Å². The van der Waals surface area contributed by atoms with Crippen LogP contribution in [0.25, 0.3) is 0 Å². The number of hydrogen-bond donors (Lipinski definition) is 0. The summed E-state index contributed by atoms with van der Waals surface area (Å²) in [5.41, 5.74) is 0.0920. The van der Waals surface area contributed by atoms with E-state index in [9.17, 15) is 8.78 Å². The highest BCUT2D eigenvalue weighted by Crippen LogP contribution is 2.29. The topological polar surface area (TPSA) is 0 Å². The van der Waals surface area contributed by atoms with Crippen molar-refractivity contribution in [2.45, 2.75) is 10.6 Å². The van der Waals surface area contributed by atoms with Gasteiger partial charge in [0.05, 0.1) is 4.47 Å². The van der Waals surface area contributed by atoms with Crippen molar-refractivity contribution in [3.05, 3.63) is 62.5 Å². The van der Waals surface area contributed by atoms with E-state index in [1.54, 1.807) is 0 Å². The van der Waals surface area contributed by atoms with Gasteiger partial charge in [0.25, 0.3) is 0 Å². The van der Waals surface area contributed by atoms with E-state index in [0.29, 0.717) is 0 Å². The molecular weight excluding hydrogens is 386 g/mol. The van der Waals surface area contributed by atoms with Crippen LogP contribution >= 0.6 is 43.6 Å². The minimum Gasteiger partial charge on any atom is -0.207 e. The Bertz CT molecular complexity index is 573. The fourth-order valence-corrected chi connectivity index (χ4v) is 3.30. The van der Waals surface area contributed by atoms with Crippen molar-refractivity contribution in [2.24, 2.45) is 0 Å². The Balaban J connectivity index is 2.18. The minimum atomic E-state index is -0.530. The molecule has 0 aromatic heterocycles. The first-order valence-corrected chi connectivity index (χ1v) is 7.66. The highest BCUT2D eigenvalue weighted by molar-refractivity contribution is 9.10. The van der Waals surface area contributed by atoms with E-state index in [0.717, 1.165) is 9.37 Å². The van der Waals surface area contributed by atoms with Crippen molar-refractivity contribution in [3.63, 3.8) is 0 Å². The van der Waals surface area contributed by atoms with Gasteiger partial charge in [0.15, 0.2) is 0 Å². The van der Waals surface area contributed by atoms with Crippen molar-refractivity contribution in [2.75, 3.05) is 0 Å². The zero-order chi connectivity index (χ0) is 13.1. The van der Waals surface area contributed by atoms with Gasteiger partial charge in [-0.3, -0.25) is 0 Å². The third-order valence-electron chi connectivity index (χ3n) is 2.32. The molecule has 0 heterocycles. The van der Waals surface area contributed by atoms with Crippen LogP contribution < -0.4 is 0 Å². The van der Waals surface area contributed by atoms with Gasteiger partial charge in [-0.25, -0.2) is 8.78 Å². The summed E-state index contributed by atoms with van der Waals surface area (Å²) in [5.74, 6) is -0.788. The Kier molecular flexibility index (Phi) is 4.81. The summed E-state index contributed by atoms with van der Waals surface area (Å²) < 4.78 is 28.5. The Labute approximate surface area is 125 Å². The largest absolute Gasteiger partial charge is 0.207 e. The van der Waals surface area contributed by atoms with Gasteiger partial charge in [-0.05, 0) is 46.3 Å². The summed E-state index contributed by atoms with van der Waals surface area (Å²) >= 11 is 7.81. The van der Waals surface area contributed by atoms with Crippen LogP contribution in [0.3, 0.4) is 0 Å². The molecule has 0 saturated carbocycles. The Morgan fingerprint density at radius 3 is 2.56 bits per heavy atom. The second-order valence-corrected chi connectivity index (χ2v) is 6.39. The summed E-state index contributed by atoms with van der Waals surface area (Å²) in [6, 6.07) is 10.3. The number of hydrogen-bond acceptors (Lipinski definition) is 1. The predicted molar refractivity (Wildman–Crippen MR) is 77.8 cm³/mol. The first-order valence-electron chi connectivity index (χ1n) is 5.08. The third-order valence-corrected chi connectivity index (χ3v) is 4.44. The van der Waals surface area contributed by atoms with Crippen molar-refractivity contribution in [3.8, 4) is 0 Å². The zero-order valence-corrected chi connectivity index (χ0v) is 13.1. The lowest BCUT2D eigenvalue weighted by Crippen LogP contribution is -1.94. The van der Waals surface area contributed by atoms with Crippen molar-refractivity contribution in [1.29, 1.82) is 0 Å². The number of halogens is 4. The van der Waals surface area contributed by atoms with Crippen LogP contribution in [0.4, 0.5) is 8.78 Å². The number of benzene rings is 2. The Morgan fingerprint density at radius 1 is 1.06 bits per heavy atom. The number of rotatable bonds is 3. The van der Waals surface area contributed by atoms with Gasteiger partial charge in [-0.15, -0.1) is 11.8 Å². The summed E-state index contributed by atoms with van der Waals surface area (Å²) in [6.07, 6.45) is 0. The van der Waals surface area contributed by atoms with E-state index >= 15 is 0 Å². The fourth-order valence-electron chi connectivity index (χ4n) is 1.41. The van der Waals surface area contributed by atoms with Crippen LogP contribution in [0.5, 0.6) is 0 Å². The molecule has 0 amide bonds. The van der Waals surface area contributed by atoms with E-state index in [2.05, 4.69) is 31.9 Å². The fraction of sp³-hybridized carbons (Fsp3) is 0.0769. The molecule has 0 bridgehead atoms. The van der Waals surface area contributed by atoms with Crippen molar-refractivity contribution >= 4 is 43.6 Å². The smallest absolute Gasteiger partial charge is 0.144 e. The van der Waals surface area contributed by atoms with Gasteiger partial charge >= 0.3 is 0 Å². The zero-order valence-electron chi connectivity index (χ0n) is 9.09. The van der Waals surface area contributed by atoms with E-state index in [1.807, 2.05) is 24.3 Å². The molecule has 94 valence electrons. The molecule has 2 aromatic rings. The normalized spacial score (nSPS) is 10.7. The third kappa shape index (κ3) is 3.33. The molecular formula is C13H8Br2F2S. The molecule has 0 fully saturated rings. The van der Waals surface area contributed by atoms with Crippen LogP contribution in [-0.2, 0) is 5.75 Å². The molecule has 0 spiro atoms. The molecule has 0 unspecified atom stereocenters. The van der Waals surface area contributed by atoms with Gasteiger partial charge in [-0.1, -0.05) is 22.0 Å². The maximum absolute atomic E-state index is 13.7. The molecule has 0 nitrogen and oxygen atoms in total. The first-order chi connectivity index (χ1) is 8.58. The quantitative estimate of drug-likeness (QED) is 0.470. The maximum atomic E-state index is 13.7. The lowest BCUT2D eigenvalue weighted by atomic mass is 10.2. The molecule has 0 aliphatic carbocycles. The average Bonchev–Trinajstić information content (AvgIpc) is 2.34. The molecule has 0 aliphatic rings. The Morgan fingerprint density at radius 2 is 1.83 bits per heavy atom. The minimum absolute atomic E-state index is 0.0920. The SMILES string of the molecule is Fc1ccc(Br)c(F)c1CSc1cccc(Br)c1. The molecule has 0 atom stereocenters. The average molecular weight is 394 g/mol. The first kappa shape index (κ1) is 14.0. The van der Waals surface area contributed by atoms with Gasteiger partial charge in [-0.2, -0.15) is 0 Å². The van der Waals surface area contributed by atoms with Gasteiger partial charge in [0.2, 0.25) is 0 Å². The standard InChI is InChI=1S/C13H8Br2F2S/c14-8-2-1-3-9(6-8)18-7-10-12(16)5-4-11(15)13(10)17/h1-6H,7H2. The van der Waals surface area contributed by atoms with Crippen molar-refractivity contribution in [1.82, 2.24) is 0 Å².